The zero-order valence-electron chi connectivity index (χ0n) is 10.4. The fourth-order valence-electron chi connectivity index (χ4n) is 1.92. The van der Waals surface area contributed by atoms with Crippen LogP contribution in [0.3, 0.4) is 0 Å². The minimum absolute atomic E-state index is 0.297. The Bertz CT molecular complexity index is 514. The van der Waals surface area contributed by atoms with Crippen molar-refractivity contribution in [3.8, 4) is 0 Å². The molecule has 0 atom stereocenters. The third kappa shape index (κ3) is 3.01. The molecule has 0 amide bonds. The van der Waals surface area contributed by atoms with Crippen LogP contribution in [-0.4, -0.2) is 34.7 Å². The van der Waals surface area contributed by atoms with E-state index in [2.05, 4.69) is 10.0 Å². The summed E-state index contributed by atoms with van der Waals surface area (Å²) in [6, 6.07) is 5.18. The second-order valence-electron chi connectivity index (χ2n) is 4.09. The predicted octanol–water partition coefficient (Wildman–Crippen LogP) is 0.969. The molecule has 0 unspecified atom stereocenters. The first kappa shape index (κ1) is 13.3. The number of fused-ring (bicyclic) bond motifs is 1. The van der Waals surface area contributed by atoms with Crippen LogP contribution in [0.25, 0.3) is 0 Å². The standard InChI is InChI=1S/C12H18N2O3S/c1-2-17-8-7-14-18(15,16)11-3-4-12-10(9-11)5-6-13-12/h3-4,9,13-14H,2,5-8H2,1H3. The number of nitrogens with one attached hydrogen (secondary N) is 2. The number of rotatable bonds is 6. The monoisotopic (exact) mass is 270 g/mol. The number of hydrogen-bond donors (Lipinski definition) is 2. The van der Waals surface area contributed by atoms with E-state index in [0.29, 0.717) is 24.7 Å². The zero-order chi connectivity index (χ0) is 13.0. The van der Waals surface area contributed by atoms with Crippen molar-refractivity contribution in [2.75, 3.05) is 31.6 Å². The second kappa shape index (κ2) is 5.69. The molecule has 0 saturated carbocycles. The molecule has 1 aliphatic rings. The molecule has 0 saturated heterocycles. The highest BCUT2D eigenvalue weighted by atomic mass is 32.2. The molecular formula is C12H18N2O3S. The quantitative estimate of drug-likeness (QED) is 0.756. The molecule has 18 heavy (non-hydrogen) atoms. The highest BCUT2D eigenvalue weighted by molar-refractivity contribution is 7.89. The van der Waals surface area contributed by atoms with Crippen LogP contribution in [0.5, 0.6) is 0 Å². The average Bonchev–Trinajstić information content (AvgIpc) is 2.82. The first-order valence-corrected chi connectivity index (χ1v) is 7.56. The Morgan fingerprint density at radius 2 is 2.28 bits per heavy atom. The molecule has 1 aliphatic heterocycles. The first-order chi connectivity index (χ1) is 8.63. The van der Waals surface area contributed by atoms with Crippen molar-refractivity contribution < 1.29 is 13.2 Å². The maximum absolute atomic E-state index is 12.0. The number of hydrogen-bond acceptors (Lipinski definition) is 4. The molecule has 1 heterocycles. The molecule has 0 radical (unpaired) electrons. The molecule has 0 aliphatic carbocycles. The average molecular weight is 270 g/mol. The SMILES string of the molecule is CCOCCNS(=O)(=O)c1ccc2c(c1)CCN2. The number of ether oxygens (including phenoxy) is 1. The fourth-order valence-corrected chi connectivity index (χ4v) is 2.99. The zero-order valence-corrected chi connectivity index (χ0v) is 11.2. The van der Waals surface area contributed by atoms with E-state index in [1.807, 2.05) is 13.0 Å². The molecular weight excluding hydrogens is 252 g/mol. The molecule has 2 N–H and O–H groups in total. The molecule has 1 aromatic carbocycles. The van der Waals surface area contributed by atoms with E-state index >= 15 is 0 Å². The summed E-state index contributed by atoms with van der Waals surface area (Å²) in [4.78, 5) is 0.321. The third-order valence-electron chi connectivity index (χ3n) is 2.84. The number of anilines is 1. The van der Waals surface area contributed by atoms with Crippen molar-refractivity contribution in [2.45, 2.75) is 18.2 Å². The van der Waals surface area contributed by atoms with Crippen LogP contribution in [0.1, 0.15) is 12.5 Å². The van der Waals surface area contributed by atoms with Crippen LogP contribution < -0.4 is 10.0 Å². The van der Waals surface area contributed by atoms with Gasteiger partial charge in [0.1, 0.15) is 0 Å². The van der Waals surface area contributed by atoms with Crippen molar-refractivity contribution in [2.24, 2.45) is 0 Å². The van der Waals surface area contributed by atoms with Gasteiger partial charge in [0, 0.05) is 25.4 Å². The van der Waals surface area contributed by atoms with E-state index in [1.54, 1.807) is 12.1 Å². The molecule has 5 nitrogen and oxygen atoms in total. The summed E-state index contributed by atoms with van der Waals surface area (Å²) in [7, 11) is -3.42. The van der Waals surface area contributed by atoms with Gasteiger partial charge in [0.2, 0.25) is 10.0 Å². The highest BCUT2D eigenvalue weighted by Gasteiger charge is 2.17. The maximum Gasteiger partial charge on any atom is 0.240 e. The molecule has 100 valence electrons. The summed E-state index contributed by atoms with van der Waals surface area (Å²) in [6.07, 6.45) is 0.873. The topological polar surface area (TPSA) is 67.4 Å². The fraction of sp³-hybridized carbons (Fsp3) is 0.500. The summed E-state index contributed by atoms with van der Waals surface area (Å²) >= 11 is 0. The van der Waals surface area contributed by atoms with E-state index in [-0.39, 0.29) is 0 Å². The molecule has 0 aromatic heterocycles. The van der Waals surface area contributed by atoms with Crippen LogP contribution in [0, 0.1) is 0 Å². The van der Waals surface area contributed by atoms with Crippen molar-refractivity contribution in [1.29, 1.82) is 0 Å². The maximum atomic E-state index is 12.0. The van der Waals surface area contributed by atoms with Gasteiger partial charge in [-0.1, -0.05) is 0 Å². The second-order valence-corrected chi connectivity index (χ2v) is 5.86. The minimum atomic E-state index is -3.42. The number of benzene rings is 1. The lowest BCUT2D eigenvalue weighted by atomic mass is 10.2. The van der Waals surface area contributed by atoms with Crippen LogP contribution in [-0.2, 0) is 21.2 Å². The van der Waals surface area contributed by atoms with Crippen LogP contribution in [0.2, 0.25) is 0 Å². The summed E-state index contributed by atoms with van der Waals surface area (Å²) in [6.45, 7) is 4.03. The molecule has 6 heteroatoms. The van der Waals surface area contributed by atoms with Crippen molar-refractivity contribution in [3.63, 3.8) is 0 Å². The largest absolute Gasteiger partial charge is 0.384 e. The number of sulfonamides is 1. The highest BCUT2D eigenvalue weighted by Crippen LogP contribution is 2.24. The molecule has 1 aromatic rings. The summed E-state index contributed by atoms with van der Waals surface area (Å²) in [5.74, 6) is 0. The Hall–Kier alpha value is -1.11. The van der Waals surface area contributed by atoms with E-state index in [9.17, 15) is 8.42 Å². The van der Waals surface area contributed by atoms with Crippen molar-refractivity contribution in [1.82, 2.24) is 4.72 Å². The van der Waals surface area contributed by atoms with E-state index < -0.39 is 10.0 Å². The predicted molar refractivity (Wildman–Crippen MR) is 70.3 cm³/mol. The Labute approximate surface area is 108 Å². The minimum Gasteiger partial charge on any atom is -0.384 e. The van der Waals surface area contributed by atoms with Gasteiger partial charge in [0.05, 0.1) is 11.5 Å². The van der Waals surface area contributed by atoms with E-state index in [0.717, 1.165) is 24.2 Å². The van der Waals surface area contributed by atoms with Gasteiger partial charge in [-0.05, 0) is 37.1 Å². The third-order valence-corrected chi connectivity index (χ3v) is 4.30. The summed E-state index contributed by atoms with van der Waals surface area (Å²) in [5.41, 5.74) is 2.09. The van der Waals surface area contributed by atoms with Gasteiger partial charge in [-0.3, -0.25) is 0 Å². The van der Waals surface area contributed by atoms with Crippen LogP contribution in [0.4, 0.5) is 5.69 Å². The van der Waals surface area contributed by atoms with Crippen LogP contribution in [0.15, 0.2) is 23.1 Å². The smallest absolute Gasteiger partial charge is 0.240 e. The van der Waals surface area contributed by atoms with E-state index in [1.165, 1.54) is 0 Å². The van der Waals surface area contributed by atoms with Gasteiger partial charge in [-0.15, -0.1) is 0 Å². The van der Waals surface area contributed by atoms with Gasteiger partial charge in [0.15, 0.2) is 0 Å². The normalized spacial score (nSPS) is 14.3. The molecule has 0 spiro atoms. The summed E-state index contributed by atoms with van der Waals surface area (Å²) < 4.78 is 31.6. The van der Waals surface area contributed by atoms with Gasteiger partial charge >= 0.3 is 0 Å². The van der Waals surface area contributed by atoms with Crippen LogP contribution >= 0.6 is 0 Å². The van der Waals surface area contributed by atoms with Crippen molar-refractivity contribution in [3.05, 3.63) is 23.8 Å². The molecule has 0 bridgehead atoms. The van der Waals surface area contributed by atoms with Gasteiger partial charge in [-0.2, -0.15) is 0 Å². The Morgan fingerprint density at radius 1 is 1.44 bits per heavy atom. The molecule has 2 rings (SSSR count). The Balaban J connectivity index is 2.05. The van der Waals surface area contributed by atoms with Crippen molar-refractivity contribution >= 4 is 15.7 Å². The summed E-state index contributed by atoms with van der Waals surface area (Å²) in [5, 5.41) is 3.20. The lowest BCUT2D eigenvalue weighted by Crippen LogP contribution is -2.27. The lowest BCUT2D eigenvalue weighted by Gasteiger charge is -2.08. The van der Waals surface area contributed by atoms with Gasteiger partial charge in [-0.25, -0.2) is 13.1 Å². The Kier molecular flexibility index (Phi) is 4.21. The van der Waals surface area contributed by atoms with E-state index in [4.69, 9.17) is 4.74 Å². The van der Waals surface area contributed by atoms with Gasteiger partial charge in [0.25, 0.3) is 0 Å². The lowest BCUT2D eigenvalue weighted by molar-refractivity contribution is 0.153. The Morgan fingerprint density at radius 3 is 3.06 bits per heavy atom. The molecule has 0 fully saturated rings. The van der Waals surface area contributed by atoms with Gasteiger partial charge < -0.3 is 10.1 Å². The first-order valence-electron chi connectivity index (χ1n) is 6.07.